The zero-order valence-corrected chi connectivity index (χ0v) is 17.5. The summed E-state index contributed by atoms with van der Waals surface area (Å²) in [6, 6.07) is 5.86. The summed E-state index contributed by atoms with van der Waals surface area (Å²) in [4.78, 5) is 24.2. The SMILES string of the molecule is Cc1cc(C(O)(C(F)(F)F)C(F)(F)F)cc(C)c1NC(=O)NC(=O)c1ccc(Br)cc1. The molecule has 3 amide bonds. The maximum atomic E-state index is 13.1. The van der Waals surface area contributed by atoms with Crippen molar-refractivity contribution < 1.29 is 41.0 Å². The van der Waals surface area contributed by atoms with Gasteiger partial charge in [-0.1, -0.05) is 28.1 Å². The molecule has 2 aromatic rings. The van der Waals surface area contributed by atoms with Crippen molar-refractivity contribution in [3.05, 3.63) is 63.1 Å². The molecule has 2 aromatic carbocycles. The van der Waals surface area contributed by atoms with Gasteiger partial charge in [0.1, 0.15) is 0 Å². The summed E-state index contributed by atoms with van der Waals surface area (Å²) < 4.78 is 79.3. The molecule has 0 aliphatic heterocycles. The lowest BCUT2D eigenvalue weighted by Crippen LogP contribution is -2.54. The van der Waals surface area contributed by atoms with Crippen LogP contribution in [0.25, 0.3) is 0 Å². The summed E-state index contributed by atoms with van der Waals surface area (Å²) in [6.45, 7) is 2.30. The van der Waals surface area contributed by atoms with E-state index in [1.807, 2.05) is 5.32 Å². The molecule has 0 heterocycles. The highest BCUT2D eigenvalue weighted by Crippen LogP contribution is 2.50. The summed E-state index contributed by atoms with van der Waals surface area (Å²) in [7, 11) is 0. The van der Waals surface area contributed by atoms with Crippen LogP contribution in [0.1, 0.15) is 27.0 Å². The average molecular weight is 513 g/mol. The minimum atomic E-state index is -6.03. The van der Waals surface area contributed by atoms with Crippen LogP contribution in [0.2, 0.25) is 0 Å². The number of hydrogen-bond acceptors (Lipinski definition) is 3. The van der Waals surface area contributed by atoms with E-state index in [0.717, 1.165) is 13.8 Å². The third-order valence-electron chi connectivity index (χ3n) is 4.34. The molecule has 12 heteroatoms. The van der Waals surface area contributed by atoms with E-state index < -0.39 is 35.5 Å². The molecular weight excluding hydrogens is 498 g/mol. The van der Waals surface area contributed by atoms with Gasteiger partial charge in [-0.2, -0.15) is 26.3 Å². The van der Waals surface area contributed by atoms with Crippen molar-refractivity contribution in [3.8, 4) is 0 Å². The fraction of sp³-hybridized carbons (Fsp3) is 0.263. The van der Waals surface area contributed by atoms with Crippen molar-refractivity contribution in [1.82, 2.24) is 5.32 Å². The molecule has 31 heavy (non-hydrogen) atoms. The molecule has 0 aromatic heterocycles. The van der Waals surface area contributed by atoms with E-state index in [1.165, 1.54) is 12.1 Å². The highest BCUT2D eigenvalue weighted by atomic mass is 79.9. The molecule has 0 atom stereocenters. The fourth-order valence-electron chi connectivity index (χ4n) is 2.78. The Morgan fingerprint density at radius 3 is 1.77 bits per heavy atom. The Hall–Kier alpha value is -2.60. The van der Waals surface area contributed by atoms with Gasteiger partial charge in [-0.15, -0.1) is 0 Å². The number of imide groups is 1. The molecule has 0 unspecified atom stereocenters. The summed E-state index contributed by atoms with van der Waals surface area (Å²) in [6.07, 6.45) is -12.1. The first-order valence-corrected chi connectivity index (χ1v) is 9.22. The molecule has 0 fully saturated rings. The number of aryl methyl sites for hydroxylation is 2. The first-order valence-electron chi connectivity index (χ1n) is 8.43. The normalized spacial score (nSPS) is 12.5. The molecule has 0 saturated carbocycles. The van der Waals surface area contributed by atoms with E-state index in [-0.39, 0.29) is 22.4 Å². The Kier molecular flexibility index (Phi) is 6.76. The minimum Gasteiger partial charge on any atom is -0.369 e. The van der Waals surface area contributed by atoms with Crippen molar-refractivity contribution in [2.75, 3.05) is 5.32 Å². The zero-order valence-electron chi connectivity index (χ0n) is 15.9. The summed E-state index contributed by atoms with van der Waals surface area (Å²) in [5.41, 5.74) is -6.88. The zero-order chi connectivity index (χ0) is 23.8. The first kappa shape index (κ1) is 24.7. The van der Waals surface area contributed by atoms with Gasteiger partial charge < -0.3 is 10.4 Å². The van der Waals surface area contributed by atoms with Gasteiger partial charge in [0.2, 0.25) is 0 Å². The lowest BCUT2D eigenvalue weighted by atomic mass is 9.89. The third-order valence-corrected chi connectivity index (χ3v) is 4.87. The average Bonchev–Trinajstić information content (AvgIpc) is 2.62. The van der Waals surface area contributed by atoms with Crippen molar-refractivity contribution in [2.45, 2.75) is 31.8 Å². The molecule has 0 aliphatic rings. The second kappa shape index (κ2) is 8.50. The number of nitrogens with one attached hydrogen (secondary N) is 2. The standard InChI is InChI=1S/C19H15BrF6N2O3/c1-9-7-12(17(31,18(21,22)23)19(24,25)26)8-10(2)14(9)27-16(30)28-15(29)11-3-5-13(20)6-4-11/h3-8,31H,1-2H3,(H2,27,28,29,30). The van der Waals surface area contributed by atoms with E-state index in [2.05, 4.69) is 21.2 Å². The molecule has 0 spiro atoms. The Bertz CT molecular complexity index is 966. The highest BCUT2D eigenvalue weighted by Gasteiger charge is 2.71. The van der Waals surface area contributed by atoms with Crippen LogP contribution >= 0.6 is 15.9 Å². The molecule has 3 N–H and O–H groups in total. The highest BCUT2D eigenvalue weighted by molar-refractivity contribution is 9.10. The quantitative estimate of drug-likeness (QED) is 0.485. The van der Waals surface area contributed by atoms with E-state index in [1.54, 1.807) is 12.1 Å². The van der Waals surface area contributed by atoms with E-state index >= 15 is 0 Å². The van der Waals surface area contributed by atoms with E-state index in [0.29, 0.717) is 16.6 Å². The van der Waals surface area contributed by atoms with Gasteiger partial charge in [0.25, 0.3) is 11.5 Å². The molecule has 5 nitrogen and oxygen atoms in total. The Morgan fingerprint density at radius 1 is 0.903 bits per heavy atom. The second-order valence-electron chi connectivity index (χ2n) is 6.61. The third kappa shape index (κ3) is 5.01. The number of benzene rings is 2. The molecule has 0 bridgehead atoms. The van der Waals surface area contributed by atoms with Crippen LogP contribution in [0.4, 0.5) is 36.8 Å². The number of carbonyl (C=O) groups excluding carboxylic acids is 2. The van der Waals surface area contributed by atoms with Gasteiger partial charge >= 0.3 is 18.4 Å². The number of halogens is 7. The lowest BCUT2D eigenvalue weighted by Gasteiger charge is -2.33. The number of rotatable bonds is 3. The number of urea groups is 1. The van der Waals surface area contributed by atoms with Crippen LogP contribution < -0.4 is 10.6 Å². The fourth-order valence-corrected chi connectivity index (χ4v) is 3.04. The summed E-state index contributed by atoms with van der Waals surface area (Å²) >= 11 is 3.18. The smallest absolute Gasteiger partial charge is 0.369 e. The minimum absolute atomic E-state index is 0.114. The van der Waals surface area contributed by atoms with Gasteiger partial charge in [0, 0.05) is 21.3 Å². The Morgan fingerprint density at radius 2 is 1.35 bits per heavy atom. The Balaban J connectivity index is 2.31. The van der Waals surface area contributed by atoms with Crippen LogP contribution in [-0.2, 0) is 5.60 Å². The van der Waals surface area contributed by atoms with Gasteiger partial charge in [-0.25, -0.2) is 4.79 Å². The topological polar surface area (TPSA) is 78.4 Å². The summed E-state index contributed by atoms with van der Waals surface area (Å²) in [5.74, 6) is -0.777. The van der Waals surface area contributed by atoms with Crippen LogP contribution in [0.5, 0.6) is 0 Å². The number of aliphatic hydroxyl groups is 1. The molecule has 0 saturated heterocycles. The van der Waals surface area contributed by atoms with Gasteiger partial charge in [-0.3, -0.25) is 10.1 Å². The van der Waals surface area contributed by atoms with Crippen LogP contribution in [0.15, 0.2) is 40.9 Å². The van der Waals surface area contributed by atoms with Gasteiger partial charge in [0.15, 0.2) is 0 Å². The molecule has 2 rings (SSSR count). The molecular formula is C19H15BrF6N2O3. The van der Waals surface area contributed by atoms with E-state index in [9.17, 15) is 41.0 Å². The summed E-state index contributed by atoms with van der Waals surface area (Å²) in [5, 5.41) is 13.8. The first-order chi connectivity index (χ1) is 14.1. The van der Waals surface area contributed by atoms with Crippen LogP contribution in [0, 0.1) is 13.8 Å². The molecule has 168 valence electrons. The van der Waals surface area contributed by atoms with E-state index in [4.69, 9.17) is 0 Å². The maximum Gasteiger partial charge on any atom is 0.430 e. The van der Waals surface area contributed by atoms with Crippen molar-refractivity contribution in [3.63, 3.8) is 0 Å². The van der Waals surface area contributed by atoms with Gasteiger partial charge in [-0.05, 0) is 49.2 Å². The lowest BCUT2D eigenvalue weighted by molar-refractivity contribution is -0.376. The number of alkyl halides is 6. The van der Waals surface area contributed by atoms with Crippen molar-refractivity contribution >= 4 is 33.6 Å². The number of hydrogen-bond donors (Lipinski definition) is 3. The number of anilines is 1. The number of amides is 3. The molecule has 0 radical (unpaired) electrons. The van der Waals surface area contributed by atoms with Crippen LogP contribution in [-0.4, -0.2) is 29.4 Å². The van der Waals surface area contributed by atoms with Crippen LogP contribution in [0.3, 0.4) is 0 Å². The largest absolute Gasteiger partial charge is 0.430 e. The monoisotopic (exact) mass is 512 g/mol. The van der Waals surface area contributed by atoms with Gasteiger partial charge in [0.05, 0.1) is 0 Å². The van der Waals surface area contributed by atoms with Crippen molar-refractivity contribution in [1.29, 1.82) is 0 Å². The predicted molar refractivity (Wildman–Crippen MR) is 103 cm³/mol. The Labute approximate surface area is 180 Å². The van der Waals surface area contributed by atoms with Crippen molar-refractivity contribution in [2.24, 2.45) is 0 Å². The number of carbonyl (C=O) groups is 2. The molecule has 0 aliphatic carbocycles. The second-order valence-corrected chi connectivity index (χ2v) is 7.52. The maximum absolute atomic E-state index is 13.1. The predicted octanol–water partition coefficient (Wildman–Crippen LogP) is 5.34.